The van der Waals surface area contributed by atoms with Crippen LogP contribution in [0.4, 0.5) is 0 Å². The topological polar surface area (TPSA) is 27.7 Å². The summed E-state index contributed by atoms with van der Waals surface area (Å²) in [5.41, 5.74) is 1.21. The first kappa shape index (κ1) is 16.5. The zero-order chi connectivity index (χ0) is 15.5. The fourth-order valence-electron chi connectivity index (χ4n) is 2.85. The van der Waals surface area contributed by atoms with Crippen LogP contribution in [0, 0.1) is 11.3 Å². The van der Waals surface area contributed by atoms with E-state index in [9.17, 15) is 0 Å². The van der Waals surface area contributed by atoms with Crippen LogP contribution in [0.15, 0.2) is 30.3 Å². The predicted molar refractivity (Wildman–Crippen MR) is 83.9 cm³/mol. The van der Waals surface area contributed by atoms with Crippen molar-refractivity contribution in [3.63, 3.8) is 0 Å². The highest BCUT2D eigenvalue weighted by Gasteiger charge is 2.44. The van der Waals surface area contributed by atoms with E-state index < -0.39 is 5.79 Å². The summed E-state index contributed by atoms with van der Waals surface area (Å²) < 4.78 is 17.8. The Labute approximate surface area is 128 Å². The number of benzene rings is 1. The molecule has 0 unspecified atom stereocenters. The third kappa shape index (κ3) is 4.53. The van der Waals surface area contributed by atoms with Gasteiger partial charge in [-0.15, -0.1) is 0 Å². The molecule has 2 atom stereocenters. The molecule has 0 spiro atoms. The molecule has 118 valence electrons. The Kier molecular flexibility index (Phi) is 5.07. The average molecular weight is 292 g/mol. The first-order valence-corrected chi connectivity index (χ1v) is 7.74. The van der Waals surface area contributed by atoms with E-state index in [0.717, 1.165) is 0 Å². The Morgan fingerprint density at radius 1 is 1.19 bits per heavy atom. The summed E-state index contributed by atoms with van der Waals surface area (Å²) in [5.74, 6) is -0.180. The minimum absolute atomic E-state index is 0.00500. The van der Waals surface area contributed by atoms with Crippen LogP contribution in [-0.4, -0.2) is 25.1 Å². The molecule has 0 saturated carbocycles. The molecule has 21 heavy (non-hydrogen) atoms. The van der Waals surface area contributed by atoms with Crippen molar-refractivity contribution in [2.24, 2.45) is 11.3 Å². The molecule has 1 aliphatic rings. The molecule has 0 aromatic heterocycles. The quantitative estimate of drug-likeness (QED) is 0.820. The highest BCUT2D eigenvalue weighted by molar-refractivity contribution is 5.13. The summed E-state index contributed by atoms with van der Waals surface area (Å²) in [6.07, 6.45) is 0.136. The third-order valence-corrected chi connectivity index (χ3v) is 3.98. The smallest absolute Gasteiger partial charge is 0.163 e. The van der Waals surface area contributed by atoms with E-state index in [4.69, 9.17) is 14.2 Å². The highest BCUT2D eigenvalue weighted by atomic mass is 16.7. The largest absolute Gasteiger partial charge is 0.376 e. The maximum absolute atomic E-state index is 6.15. The van der Waals surface area contributed by atoms with Crippen LogP contribution >= 0.6 is 0 Å². The molecule has 0 bridgehead atoms. The zero-order valence-corrected chi connectivity index (χ0v) is 13.9. The second kappa shape index (κ2) is 6.47. The van der Waals surface area contributed by atoms with Crippen LogP contribution in [0.3, 0.4) is 0 Å². The number of hydrogen-bond donors (Lipinski definition) is 0. The van der Waals surface area contributed by atoms with Gasteiger partial charge in [-0.05, 0) is 19.4 Å². The maximum Gasteiger partial charge on any atom is 0.163 e. The molecule has 3 heteroatoms. The number of ether oxygens (including phenoxy) is 3. The summed E-state index contributed by atoms with van der Waals surface area (Å²) >= 11 is 0. The molecule has 0 amide bonds. The summed E-state index contributed by atoms with van der Waals surface area (Å²) in [6.45, 7) is 12.6. The normalized spacial score (nSPS) is 25.5. The Morgan fingerprint density at radius 3 is 2.52 bits per heavy atom. The molecule has 1 heterocycles. The molecule has 0 N–H and O–H groups in total. The Hall–Kier alpha value is -0.900. The van der Waals surface area contributed by atoms with Gasteiger partial charge in [0.15, 0.2) is 5.79 Å². The van der Waals surface area contributed by atoms with E-state index in [2.05, 4.69) is 32.9 Å². The van der Waals surface area contributed by atoms with Crippen LogP contribution in [-0.2, 0) is 20.8 Å². The maximum atomic E-state index is 6.15. The van der Waals surface area contributed by atoms with Crippen molar-refractivity contribution >= 4 is 0 Å². The van der Waals surface area contributed by atoms with Crippen LogP contribution in [0.25, 0.3) is 0 Å². The van der Waals surface area contributed by atoms with Gasteiger partial charge in [0, 0.05) is 11.3 Å². The zero-order valence-electron chi connectivity index (χ0n) is 13.9. The van der Waals surface area contributed by atoms with Gasteiger partial charge >= 0.3 is 0 Å². The monoisotopic (exact) mass is 292 g/mol. The fraction of sp³-hybridized carbons (Fsp3) is 0.667. The van der Waals surface area contributed by atoms with Crippen molar-refractivity contribution < 1.29 is 14.2 Å². The molecule has 1 aromatic rings. The van der Waals surface area contributed by atoms with Crippen molar-refractivity contribution in [3.05, 3.63) is 35.9 Å². The molecule has 0 radical (unpaired) electrons. The van der Waals surface area contributed by atoms with Crippen LogP contribution < -0.4 is 0 Å². The Bertz CT molecular complexity index is 439. The summed E-state index contributed by atoms with van der Waals surface area (Å²) in [5, 5.41) is 0. The molecule has 3 nitrogen and oxygen atoms in total. The highest BCUT2D eigenvalue weighted by Crippen LogP contribution is 2.38. The standard InChI is InChI=1S/C18H28O3/c1-14(11-19-12-15-9-7-6-8-10-15)16-17(2,3)13-20-18(4,5)21-16/h6-10,14,16H,11-13H2,1-5H3/t14-,16+/m1/s1. The lowest BCUT2D eigenvalue weighted by Gasteiger charge is -2.48. The lowest BCUT2D eigenvalue weighted by Crippen LogP contribution is -2.53. The van der Waals surface area contributed by atoms with Crippen molar-refractivity contribution in [2.45, 2.75) is 53.1 Å². The first-order chi connectivity index (χ1) is 9.80. The third-order valence-electron chi connectivity index (χ3n) is 3.98. The van der Waals surface area contributed by atoms with Gasteiger partial charge < -0.3 is 14.2 Å². The molecule has 2 rings (SSSR count). The van der Waals surface area contributed by atoms with E-state index in [1.54, 1.807) is 0 Å². The van der Waals surface area contributed by atoms with Gasteiger partial charge in [0.25, 0.3) is 0 Å². The second-order valence-corrected chi connectivity index (χ2v) is 7.19. The molecule has 1 aromatic carbocycles. The molecule has 0 aliphatic carbocycles. The number of hydrogen-bond acceptors (Lipinski definition) is 3. The van der Waals surface area contributed by atoms with Crippen LogP contribution in [0.2, 0.25) is 0 Å². The van der Waals surface area contributed by atoms with Crippen molar-refractivity contribution in [1.29, 1.82) is 0 Å². The van der Waals surface area contributed by atoms with E-state index in [1.165, 1.54) is 5.56 Å². The van der Waals surface area contributed by atoms with Crippen molar-refractivity contribution in [1.82, 2.24) is 0 Å². The molecule has 1 fully saturated rings. The minimum Gasteiger partial charge on any atom is -0.376 e. The lowest BCUT2D eigenvalue weighted by molar-refractivity contribution is -0.323. The Morgan fingerprint density at radius 2 is 1.86 bits per heavy atom. The number of rotatable bonds is 5. The van der Waals surface area contributed by atoms with Gasteiger partial charge in [-0.2, -0.15) is 0 Å². The molecular weight excluding hydrogens is 264 g/mol. The first-order valence-electron chi connectivity index (χ1n) is 7.74. The van der Waals surface area contributed by atoms with Crippen molar-refractivity contribution in [2.75, 3.05) is 13.2 Å². The van der Waals surface area contributed by atoms with E-state index in [-0.39, 0.29) is 11.5 Å². The van der Waals surface area contributed by atoms with Crippen molar-refractivity contribution in [3.8, 4) is 0 Å². The SMILES string of the molecule is C[C@H](COCc1ccccc1)[C@@H]1OC(C)(C)OCC1(C)C. The van der Waals surface area contributed by atoms with Crippen LogP contribution in [0.1, 0.15) is 40.2 Å². The van der Waals surface area contributed by atoms with Gasteiger partial charge in [-0.3, -0.25) is 0 Å². The van der Waals surface area contributed by atoms with Gasteiger partial charge in [0.05, 0.1) is 25.9 Å². The summed E-state index contributed by atoms with van der Waals surface area (Å²) in [4.78, 5) is 0. The Balaban J connectivity index is 1.87. The average Bonchev–Trinajstić information content (AvgIpc) is 2.43. The molecule has 1 aliphatic heterocycles. The van der Waals surface area contributed by atoms with Gasteiger partial charge in [-0.1, -0.05) is 51.1 Å². The fourth-order valence-corrected chi connectivity index (χ4v) is 2.85. The summed E-state index contributed by atoms with van der Waals surface area (Å²) in [6, 6.07) is 10.3. The predicted octanol–water partition coefficient (Wildman–Crippen LogP) is 4.02. The van der Waals surface area contributed by atoms with E-state index in [1.807, 2.05) is 32.0 Å². The molecular formula is C18H28O3. The van der Waals surface area contributed by atoms with Gasteiger partial charge in [-0.25, -0.2) is 0 Å². The van der Waals surface area contributed by atoms with Gasteiger partial charge in [0.1, 0.15) is 0 Å². The van der Waals surface area contributed by atoms with Crippen LogP contribution in [0.5, 0.6) is 0 Å². The lowest BCUT2D eigenvalue weighted by atomic mass is 9.79. The molecule has 1 saturated heterocycles. The second-order valence-electron chi connectivity index (χ2n) is 7.19. The van der Waals surface area contributed by atoms with Gasteiger partial charge in [0.2, 0.25) is 0 Å². The van der Waals surface area contributed by atoms with E-state index >= 15 is 0 Å². The van der Waals surface area contributed by atoms with E-state index in [0.29, 0.717) is 25.7 Å². The minimum atomic E-state index is -0.506. The summed E-state index contributed by atoms with van der Waals surface area (Å²) in [7, 11) is 0.